The fourth-order valence-electron chi connectivity index (χ4n) is 3.14. The van der Waals surface area contributed by atoms with E-state index in [0.717, 1.165) is 32.0 Å². The van der Waals surface area contributed by atoms with Gasteiger partial charge in [-0.05, 0) is 43.9 Å². The van der Waals surface area contributed by atoms with Gasteiger partial charge < -0.3 is 10.2 Å². The fraction of sp³-hybridized carbons (Fsp3) is 0.500. The van der Waals surface area contributed by atoms with Crippen LogP contribution < -0.4 is 10.0 Å². The lowest BCUT2D eigenvalue weighted by Gasteiger charge is -2.32. The minimum atomic E-state index is -3.70. The maximum atomic E-state index is 12.5. The molecule has 2 N–H and O–H groups in total. The maximum Gasteiger partial charge on any atom is 0.251 e. The first kappa shape index (κ1) is 17.9. The van der Waals surface area contributed by atoms with E-state index in [1.165, 1.54) is 25.0 Å². The Kier molecular flexibility index (Phi) is 5.42. The average molecular weight is 361 g/mol. The first-order valence-corrected chi connectivity index (χ1v) is 10.1. The van der Waals surface area contributed by atoms with Crippen LogP contribution in [0.3, 0.4) is 0 Å². The molecule has 0 radical (unpaired) electrons. The highest BCUT2D eigenvalue weighted by molar-refractivity contribution is 7.89. The van der Waals surface area contributed by atoms with Gasteiger partial charge in [-0.1, -0.05) is 12.0 Å². The van der Waals surface area contributed by atoms with Gasteiger partial charge in [0.1, 0.15) is 0 Å². The second-order valence-corrected chi connectivity index (χ2v) is 8.34. The molecule has 2 aliphatic rings. The summed E-state index contributed by atoms with van der Waals surface area (Å²) in [5, 5.41) is 3.02. The molecule has 1 saturated carbocycles. The Labute approximate surface area is 149 Å². The van der Waals surface area contributed by atoms with Gasteiger partial charge in [-0.3, -0.25) is 4.79 Å². The van der Waals surface area contributed by atoms with E-state index >= 15 is 0 Å². The number of hydrogen-bond acceptors (Lipinski definition) is 4. The highest BCUT2D eigenvalue weighted by Gasteiger charge is 2.32. The monoisotopic (exact) mass is 361 g/mol. The first-order valence-electron chi connectivity index (χ1n) is 8.58. The summed E-state index contributed by atoms with van der Waals surface area (Å²) in [4.78, 5) is 15.0. The molecule has 1 aromatic rings. The zero-order valence-corrected chi connectivity index (χ0v) is 14.9. The number of sulfonamides is 1. The number of nitrogens with zero attached hydrogens (tertiary/aromatic N) is 1. The van der Waals surface area contributed by atoms with Crippen LogP contribution in [0.15, 0.2) is 29.2 Å². The van der Waals surface area contributed by atoms with Crippen LogP contribution in [0.4, 0.5) is 0 Å². The number of carbonyl (C=O) groups excluding carboxylic acids is 1. The number of terminal acetylenes is 1. The zero-order valence-electron chi connectivity index (χ0n) is 14.1. The Morgan fingerprint density at radius 3 is 2.60 bits per heavy atom. The molecule has 1 saturated heterocycles. The standard InChI is InChI=1S/C18H23N3O3S/c1-2-10-19-25(23,24)17-5-3-4-14(13-17)18(22)20-15-8-11-21(12-9-15)16-6-7-16/h1,3-5,13,15-16,19H,6-12H2,(H,20,22). The van der Waals surface area contributed by atoms with E-state index < -0.39 is 10.0 Å². The molecule has 7 heteroatoms. The molecule has 1 amide bonds. The average Bonchev–Trinajstić information content (AvgIpc) is 3.46. The van der Waals surface area contributed by atoms with Crippen molar-refractivity contribution in [2.45, 2.75) is 42.7 Å². The molecule has 6 nitrogen and oxygen atoms in total. The van der Waals surface area contributed by atoms with Crippen LogP contribution in [0.25, 0.3) is 0 Å². The van der Waals surface area contributed by atoms with E-state index in [2.05, 4.69) is 20.9 Å². The highest BCUT2D eigenvalue weighted by atomic mass is 32.2. The van der Waals surface area contributed by atoms with Crippen LogP contribution in [-0.2, 0) is 10.0 Å². The smallest absolute Gasteiger partial charge is 0.251 e. The molecule has 0 atom stereocenters. The first-order chi connectivity index (χ1) is 12.0. The SMILES string of the molecule is C#CCNS(=O)(=O)c1cccc(C(=O)NC2CCN(C3CC3)CC2)c1. The predicted octanol–water partition coefficient (Wildman–Crippen LogP) is 0.955. The Morgan fingerprint density at radius 2 is 1.96 bits per heavy atom. The molecule has 2 fully saturated rings. The summed E-state index contributed by atoms with van der Waals surface area (Å²) >= 11 is 0. The molecule has 0 spiro atoms. The van der Waals surface area contributed by atoms with Gasteiger partial charge in [-0.15, -0.1) is 6.42 Å². The Balaban J connectivity index is 1.61. The number of carbonyl (C=O) groups is 1. The van der Waals surface area contributed by atoms with Crippen molar-refractivity contribution in [1.29, 1.82) is 0 Å². The van der Waals surface area contributed by atoms with Crippen molar-refractivity contribution in [3.05, 3.63) is 29.8 Å². The van der Waals surface area contributed by atoms with Crippen molar-refractivity contribution in [2.75, 3.05) is 19.6 Å². The molecule has 0 unspecified atom stereocenters. The topological polar surface area (TPSA) is 78.5 Å². The number of nitrogens with one attached hydrogen (secondary N) is 2. The van der Waals surface area contributed by atoms with Gasteiger partial charge >= 0.3 is 0 Å². The molecule has 134 valence electrons. The third-order valence-corrected chi connectivity index (χ3v) is 6.10. The van der Waals surface area contributed by atoms with E-state index in [4.69, 9.17) is 6.42 Å². The van der Waals surface area contributed by atoms with Crippen molar-refractivity contribution in [1.82, 2.24) is 14.9 Å². The van der Waals surface area contributed by atoms with Gasteiger partial charge in [-0.2, -0.15) is 4.72 Å². The van der Waals surface area contributed by atoms with E-state index in [-0.39, 0.29) is 23.4 Å². The van der Waals surface area contributed by atoms with Crippen LogP contribution in [-0.4, -0.2) is 50.9 Å². The number of likely N-dealkylation sites (tertiary alicyclic amines) is 1. The van der Waals surface area contributed by atoms with Crippen molar-refractivity contribution < 1.29 is 13.2 Å². The summed E-state index contributed by atoms with van der Waals surface area (Å²) < 4.78 is 26.5. The van der Waals surface area contributed by atoms with Crippen molar-refractivity contribution >= 4 is 15.9 Å². The van der Waals surface area contributed by atoms with Crippen LogP contribution in [0.5, 0.6) is 0 Å². The summed E-state index contributed by atoms with van der Waals surface area (Å²) in [6, 6.07) is 6.91. The third kappa shape index (κ3) is 4.60. The van der Waals surface area contributed by atoms with Crippen molar-refractivity contribution in [3.8, 4) is 12.3 Å². The second-order valence-electron chi connectivity index (χ2n) is 6.57. The fourth-order valence-corrected chi connectivity index (χ4v) is 4.12. The van der Waals surface area contributed by atoms with Crippen LogP contribution in [0, 0.1) is 12.3 Å². The predicted molar refractivity (Wildman–Crippen MR) is 95.5 cm³/mol. The van der Waals surface area contributed by atoms with Crippen LogP contribution >= 0.6 is 0 Å². The van der Waals surface area contributed by atoms with Gasteiger partial charge in [0.15, 0.2) is 0 Å². The molecular weight excluding hydrogens is 338 g/mol. The van der Waals surface area contributed by atoms with E-state index in [9.17, 15) is 13.2 Å². The molecule has 1 aromatic carbocycles. The van der Waals surface area contributed by atoms with E-state index in [1.54, 1.807) is 12.1 Å². The van der Waals surface area contributed by atoms with E-state index in [0.29, 0.717) is 5.56 Å². The van der Waals surface area contributed by atoms with Crippen LogP contribution in [0.2, 0.25) is 0 Å². The number of benzene rings is 1. The lowest BCUT2D eigenvalue weighted by Crippen LogP contribution is -2.45. The maximum absolute atomic E-state index is 12.5. The zero-order chi connectivity index (χ0) is 17.9. The lowest BCUT2D eigenvalue weighted by molar-refractivity contribution is 0.0909. The summed E-state index contributed by atoms with van der Waals surface area (Å²) in [5.74, 6) is 1.99. The molecule has 1 aliphatic heterocycles. The lowest BCUT2D eigenvalue weighted by atomic mass is 10.0. The van der Waals surface area contributed by atoms with Gasteiger partial charge in [0, 0.05) is 30.7 Å². The number of rotatable bonds is 6. The molecule has 0 bridgehead atoms. The minimum absolute atomic E-state index is 0.0407. The van der Waals surface area contributed by atoms with E-state index in [1.807, 2.05) is 0 Å². The summed E-state index contributed by atoms with van der Waals surface area (Å²) in [5.41, 5.74) is 0.341. The molecule has 0 aromatic heterocycles. The molecule has 25 heavy (non-hydrogen) atoms. The normalized spacial score (nSPS) is 19.3. The molecule has 1 aliphatic carbocycles. The Bertz CT molecular complexity index is 773. The highest BCUT2D eigenvalue weighted by Crippen LogP contribution is 2.29. The quantitative estimate of drug-likeness (QED) is 0.740. The summed E-state index contributed by atoms with van der Waals surface area (Å²) in [6.07, 6.45) is 9.55. The van der Waals surface area contributed by atoms with Gasteiger partial charge in [0.05, 0.1) is 11.4 Å². The second kappa shape index (κ2) is 7.56. The Morgan fingerprint density at radius 1 is 1.24 bits per heavy atom. The molecular formula is C18H23N3O3S. The summed E-state index contributed by atoms with van der Waals surface area (Å²) in [6.45, 7) is 1.94. The van der Waals surface area contributed by atoms with Crippen molar-refractivity contribution in [2.24, 2.45) is 0 Å². The summed E-state index contributed by atoms with van der Waals surface area (Å²) in [7, 11) is -3.70. The van der Waals surface area contributed by atoms with Gasteiger partial charge in [0.2, 0.25) is 10.0 Å². The molecule has 1 heterocycles. The van der Waals surface area contributed by atoms with Gasteiger partial charge in [-0.25, -0.2) is 8.42 Å². The van der Waals surface area contributed by atoms with Gasteiger partial charge in [0.25, 0.3) is 5.91 Å². The van der Waals surface area contributed by atoms with Crippen molar-refractivity contribution in [3.63, 3.8) is 0 Å². The Hall–Kier alpha value is -1.88. The number of piperidine rings is 1. The molecule has 3 rings (SSSR count). The number of hydrogen-bond donors (Lipinski definition) is 2. The largest absolute Gasteiger partial charge is 0.349 e. The minimum Gasteiger partial charge on any atom is -0.349 e. The number of amides is 1. The van der Waals surface area contributed by atoms with Crippen LogP contribution in [0.1, 0.15) is 36.0 Å². The third-order valence-electron chi connectivity index (χ3n) is 4.70.